The number of esters is 1. The minimum absolute atomic E-state index is 0.227. The van der Waals surface area contributed by atoms with Gasteiger partial charge in [-0.25, -0.2) is 9.18 Å². The van der Waals surface area contributed by atoms with Crippen LogP contribution < -0.4 is 10.1 Å². The Bertz CT molecular complexity index is 807. The fourth-order valence-electron chi connectivity index (χ4n) is 1.92. The average Bonchev–Trinajstić information content (AvgIpc) is 2.61. The van der Waals surface area contributed by atoms with Crippen molar-refractivity contribution in [1.29, 1.82) is 0 Å². The molecule has 2 rings (SSSR count). The van der Waals surface area contributed by atoms with Crippen molar-refractivity contribution in [3.63, 3.8) is 0 Å². The van der Waals surface area contributed by atoms with E-state index in [4.69, 9.17) is 9.47 Å². The summed E-state index contributed by atoms with van der Waals surface area (Å²) in [5.74, 6) is -1.25. The van der Waals surface area contributed by atoms with Gasteiger partial charge in [0.15, 0.2) is 6.61 Å². The first-order valence-corrected chi connectivity index (χ1v) is 8.01. The first-order valence-electron chi connectivity index (χ1n) is 7.22. The molecule has 0 saturated carbocycles. The van der Waals surface area contributed by atoms with E-state index in [-0.39, 0.29) is 5.56 Å². The van der Waals surface area contributed by atoms with Crippen molar-refractivity contribution < 1.29 is 23.5 Å². The summed E-state index contributed by atoms with van der Waals surface area (Å²) >= 11 is 3.22. The predicted octanol–water partition coefficient (Wildman–Crippen LogP) is 3.79. The third kappa shape index (κ3) is 5.72. The van der Waals surface area contributed by atoms with Gasteiger partial charge in [-0.15, -0.1) is 0 Å². The standard InChI is InChI=1S/C18H15BrFNO4/c1-24-16-5-3-2-4-15(16)21-17(22)11-25-18(23)9-6-12-10-13(19)7-8-14(12)20/h2-10H,11H2,1H3,(H,21,22)/b9-6+. The molecule has 1 amide bonds. The van der Waals surface area contributed by atoms with E-state index in [9.17, 15) is 14.0 Å². The predicted molar refractivity (Wildman–Crippen MR) is 95.7 cm³/mol. The van der Waals surface area contributed by atoms with Crippen molar-refractivity contribution in [2.75, 3.05) is 19.0 Å². The number of carbonyl (C=O) groups is 2. The van der Waals surface area contributed by atoms with E-state index in [0.717, 1.165) is 6.08 Å². The second kappa shape index (κ2) is 8.98. The van der Waals surface area contributed by atoms with Crippen molar-refractivity contribution in [3.8, 4) is 5.75 Å². The number of carbonyl (C=O) groups excluding carboxylic acids is 2. The van der Waals surface area contributed by atoms with Crippen molar-refractivity contribution in [2.24, 2.45) is 0 Å². The molecule has 2 aromatic rings. The van der Waals surface area contributed by atoms with Crippen LogP contribution in [0, 0.1) is 5.82 Å². The number of benzene rings is 2. The van der Waals surface area contributed by atoms with Crippen LogP contribution in [0.4, 0.5) is 10.1 Å². The summed E-state index contributed by atoms with van der Waals surface area (Å²) in [6.45, 7) is -0.470. The molecule has 0 saturated heterocycles. The number of ether oxygens (including phenoxy) is 2. The molecule has 2 aromatic carbocycles. The molecule has 0 aliphatic rings. The highest BCUT2D eigenvalue weighted by Gasteiger charge is 2.09. The van der Waals surface area contributed by atoms with Gasteiger partial charge in [0.2, 0.25) is 0 Å². The largest absolute Gasteiger partial charge is 0.495 e. The minimum atomic E-state index is -0.755. The number of amides is 1. The summed E-state index contributed by atoms with van der Waals surface area (Å²) in [5.41, 5.74) is 0.697. The fraction of sp³-hybridized carbons (Fsp3) is 0.111. The van der Waals surface area contributed by atoms with Gasteiger partial charge in [0.05, 0.1) is 12.8 Å². The maximum Gasteiger partial charge on any atom is 0.331 e. The van der Waals surface area contributed by atoms with E-state index in [1.807, 2.05) is 0 Å². The normalized spacial score (nSPS) is 10.5. The molecule has 0 radical (unpaired) electrons. The highest BCUT2D eigenvalue weighted by Crippen LogP contribution is 2.22. The van der Waals surface area contributed by atoms with Crippen LogP contribution in [-0.2, 0) is 14.3 Å². The summed E-state index contributed by atoms with van der Waals surface area (Å²) in [6.07, 6.45) is 2.34. The Morgan fingerprint density at radius 3 is 2.76 bits per heavy atom. The van der Waals surface area contributed by atoms with Crippen molar-refractivity contribution in [3.05, 3.63) is 64.4 Å². The Kier molecular flexibility index (Phi) is 6.71. The molecular weight excluding hydrogens is 393 g/mol. The lowest BCUT2D eigenvalue weighted by Crippen LogP contribution is -2.20. The smallest absolute Gasteiger partial charge is 0.331 e. The molecule has 7 heteroatoms. The lowest BCUT2D eigenvalue weighted by molar-refractivity contribution is -0.142. The number of para-hydroxylation sites is 2. The highest BCUT2D eigenvalue weighted by molar-refractivity contribution is 9.10. The van der Waals surface area contributed by atoms with E-state index < -0.39 is 24.3 Å². The molecule has 25 heavy (non-hydrogen) atoms. The Labute approximate surface area is 152 Å². The van der Waals surface area contributed by atoms with Crippen LogP contribution in [0.5, 0.6) is 5.75 Å². The SMILES string of the molecule is COc1ccccc1NC(=O)COC(=O)/C=C/c1cc(Br)ccc1F. The number of anilines is 1. The molecule has 0 atom stereocenters. The number of rotatable bonds is 6. The summed E-state index contributed by atoms with van der Waals surface area (Å²) < 4.78 is 24.2. The summed E-state index contributed by atoms with van der Waals surface area (Å²) in [6, 6.07) is 11.2. The van der Waals surface area contributed by atoms with Gasteiger partial charge in [-0.1, -0.05) is 28.1 Å². The number of halogens is 2. The molecule has 0 fully saturated rings. The molecular formula is C18H15BrFNO4. The van der Waals surface area contributed by atoms with Crippen molar-refractivity contribution >= 4 is 39.6 Å². The Hall–Kier alpha value is -2.67. The van der Waals surface area contributed by atoms with Gasteiger partial charge in [0.1, 0.15) is 11.6 Å². The van der Waals surface area contributed by atoms with E-state index in [0.29, 0.717) is 15.9 Å². The van der Waals surface area contributed by atoms with Crippen LogP contribution in [0.15, 0.2) is 53.0 Å². The van der Waals surface area contributed by atoms with E-state index in [1.165, 1.54) is 25.3 Å². The van der Waals surface area contributed by atoms with E-state index in [2.05, 4.69) is 21.2 Å². The molecule has 5 nitrogen and oxygen atoms in total. The number of methoxy groups -OCH3 is 1. The van der Waals surface area contributed by atoms with Crippen LogP contribution in [0.1, 0.15) is 5.56 Å². The molecule has 0 bridgehead atoms. The average molecular weight is 408 g/mol. The molecule has 0 aromatic heterocycles. The second-order valence-electron chi connectivity index (χ2n) is 4.86. The van der Waals surface area contributed by atoms with Gasteiger partial charge < -0.3 is 14.8 Å². The zero-order valence-electron chi connectivity index (χ0n) is 13.3. The monoisotopic (exact) mass is 407 g/mol. The van der Waals surface area contributed by atoms with Gasteiger partial charge in [-0.3, -0.25) is 4.79 Å². The Balaban J connectivity index is 1.88. The molecule has 0 unspecified atom stereocenters. The van der Waals surface area contributed by atoms with Gasteiger partial charge in [0.25, 0.3) is 5.91 Å². The molecule has 1 N–H and O–H groups in total. The van der Waals surface area contributed by atoms with E-state index in [1.54, 1.807) is 30.3 Å². The number of hydrogen-bond donors (Lipinski definition) is 1. The van der Waals surface area contributed by atoms with Crippen LogP contribution in [0.2, 0.25) is 0 Å². The summed E-state index contributed by atoms with van der Waals surface area (Å²) in [5, 5.41) is 2.58. The first kappa shape index (κ1) is 18.7. The zero-order valence-corrected chi connectivity index (χ0v) is 14.9. The molecule has 130 valence electrons. The molecule has 0 aliphatic heterocycles. The summed E-state index contributed by atoms with van der Waals surface area (Å²) in [4.78, 5) is 23.5. The second-order valence-corrected chi connectivity index (χ2v) is 5.77. The summed E-state index contributed by atoms with van der Waals surface area (Å²) in [7, 11) is 1.48. The minimum Gasteiger partial charge on any atom is -0.495 e. The van der Waals surface area contributed by atoms with Gasteiger partial charge in [-0.2, -0.15) is 0 Å². The molecule has 0 heterocycles. The third-order valence-corrected chi connectivity index (χ3v) is 3.58. The zero-order chi connectivity index (χ0) is 18.2. The third-order valence-electron chi connectivity index (χ3n) is 3.08. The fourth-order valence-corrected chi connectivity index (χ4v) is 2.30. The lowest BCUT2D eigenvalue weighted by Gasteiger charge is -2.09. The molecule has 0 aliphatic carbocycles. The maximum atomic E-state index is 13.5. The molecule has 0 spiro atoms. The first-order chi connectivity index (χ1) is 12.0. The van der Waals surface area contributed by atoms with Crippen molar-refractivity contribution in [2.45, 2.75) is 0 Å². The van der Waals surface area contributed by atoms with Crippen LogP contribution in [0.3, 0.4) is 0 Å². The maximum absolute atomic E-state index is 13.5. The highest BCUT2D eigenvalue weighted by atomic mass is 79.9. The van der Waals surface area contributed by atoms with Gasteiger partial charge >= 0.3 is 5.97 Å². The van der Waals surface area contributed by atoms with Gasteiger partial charge in [0, 0.05) is 16.1 Å². The Morgan fingerprint density at radius 2 is 2.00 bits per heavy atom. The Morgan fingerprint density at radius 1 is 1.24 bits per heavy atom. The van der Waals surface area contributed by atoms with Crippen LogP contribution in [0.25, 0.3) is 6.08 Å². The van der Waals surface area contributed by atoms with Crippen molar-refractivity contribution in [1.82, 2.24) is 0 Å². The van der Waals surface area contributed by atoms with Gasteiger partial charge in [-0.05, 0) is 36.4 Å². The number of hydrogen-bond acceptors (Lipinski definition) is 4. The van der Waals surface area contributed by atoms with Crippen LogP contribution >= 0.6 is 15.9 Å². The quantitative estimate of drug-likeness (QED) is 0.584. The number of nitrogens with one attached hydrogen (secondary N) is 1. The topological polar surface area (TPSA) is 64.6 Å². The van der Waals surface area contributed by atoms with E-state index >= 15 is 0 Å². The van der Waals surface area contributed by atoms with Crippen LogP contribution in [-0.4, -0.2) is 25.6 Å². The lowest BCUT2D eigenvalue weighted by atomic mass is 10.2.